The average Bonchev–Trinajstić information content (AvgIpc) is 2.74. The normalized spacial score (nSPS) is 11.9. The van der Waals surface area contributed by atoms with Crippen molar-refractivity contribution in [2.75, 3.05) is 6.61 Å². The Labute approximate surface area is 107 Å². The van der Waals surface area contributed by atoms with E-state index in [0.29, 0.717) is 18.2 Å². The molecule has 0 fully saturated rings. The van der Waals surface area contributed by atoms with Crippen molar-refractivity contribution < 1.29 is 14.3 Å². The molecule has 6 heteroatoms. The van der Waals surface area contributed by atoms with Crippen molar-refractivity contribution in [1.29, 1.82) is 0 Å². The lowest BCUT2D eigenvalue weighted by atomic mass is 10.1. The van der Waals surface area contributed by atoms with Gasteiger partial charge >= 0.3 is 0 Å². The second-order valence-corrected chi connectivity index (χ2v) is 5.28. The minimum Gasteiger partial charge on any atom is -0.425 e. The molecular formula is C12H21N3O3. The van der Waals surface area contributed by atoms with Crippen LogP contribution in [0.3, 0.4) is 0 Å². The summed E-state index contributed by atoms with van der Waals surface area (Å²) in [6, 6.07) is 0. The number of aliphatic hydroxyl groups is 1. The van der Waals surface area contributed by atoms with Crippen molar-refractivity contribution in [3.63, 3.8) is 0 Å². The molecule has 0 saturated heterocycles. The molecule has 1 amide bonds. The summed E-state index contributed by atoms with van der Waals surface area (Å²) in [7, 11) is 0. The topological polar surface area (TPSA) is 88.2 Å². The van der Waals surface area contributed by atoms with Gasteiger partial charge in [0.25, 0.3) is 0 Å². The largest absolute Gasteiger partial charge is 0.425 e. The SMILES string of the molecule is CC(C)c1nnc(CCC(=O)NC(C)(C)CO)o1. The van der Waals surface area contributed by atoms with Gasteiger partial charge in [-0.25, -0.2) is 0 Å². The molecule has 0 saturated carbocycles. The van der Waals surface area contributed by atoms with Crippen LogP contribution >= 0.6 is 0 Å². The number of aryl methyl sites for hydroxylation is 1. The lowest BCUT2D eigenvalue weighted by Gasteiger charge is -2.23. The summed E-state index contributed by atoms with van der Waals surface area (Å²) < 4.78 is 5.40. The van der Waals surface area contributed by atoms with E-state index in [1.807, 2.05) is 13.8 Å². The first-order chi connectivity index (χ1) is 8.34. The zero-order chi connectivity index (χ0) is 13.8. The van der Waals surface area contributed by atoms with Crippen LogP contribution in [0.25, 0.3) is 0 Å². The summed E-state index contributed by atoms with van der Waals surface area (Å²) in [5, 5.41) is 19.5. The summed E-state index contributed by atoms with van der Waals surface area (Å²) in [6.45, 7) is 7.35. The fraction of sp³-hybridized carbons (Fsp3) is 0.750. The first kappa shape index (κ1) is 14.6. The van der Waals surface area contributed by atoms with E-state index in [1.54, 1.807) is 13.8 Å². The molecular weight excluding hydrogens is 234 g/mol. The summed E-state index contributed by atoms with van der Waals surface area (Å²) in [5.74, 6) is 1.10. The van der Waals surface area contributed by atoms with E-state index in [0.717, 1.165) is 0 Å². The summed E-state index contributed by atoms with van der Waals surface area (Å²) >= 11 is 0. The van der Waals surface area contributed by atoms with Gasteiger partial charge in [0.15, 0.2) is 0 Å². The molecule has 0 unspecified atom stereocenters. The number of hydrogen-bond donors (Lipinski definition) is 2. The van der Waals surface area contributed by atoms with Gasteiger partial charge in [-0.2, -0.15) is 0 Å². The molecule has 0 aromatic carbocycles. The smallest absolute Gasteiger partial charge is 0.221 e. The number of carbonyl (C=O) groups excluding carboxylic acids is 1. The molecule has 0 aliphatic carbocycles. The number of nitrogens with zero attached hydrogens (tertiary/aromatic N) is 2. The van der Waals surface area contributed by atoms with Crippen LogP contribution in [0.15, 0.2) is 4.42 Å². The van der Waals surface area contributed by atoms with Gasteiger partial charge in [-0.3, -0.25) is 4.79 Å². The third-order valence-corrected chi connectivity index (χ3v) is 2.42. The Hall–Kier alpha value is -1.43. The lowest BCUT2D eigenvalue weighted by molar-refractivity contribution is -0.123. The first-order valence-corrected chi connectivity index (χ1v) is 6.08. The van der Waals surface area contributed by atoms with Crippen LogP contribution < -0.4 is 5.32 Å². The van der Waals surface area contributed by atoms with Crippen molar-refractivity contribution in [2.24, 2.45) is 0 Å². The zero-order valence-electron chi connectivity index (χ0n) is 11.4. The summed E-state index contributed by atoms with van der Waals surface area (Å²) in [6.07, 6.45) is 0.677. The highest BCUT2D eigenvalue weighted by atomic mass is 16.4. The highest BCUT2D eigenvalue weighted by Crippen LogP contribution is 2.13. The molecule has 0 atom stereocenters. The van der Waals surface area contributed by atoms with Crippen LogP contribution in [0, 0.1) is 0 Å². The van der Waals surface area contributed by atoms with Crippen LogP contribution in [-0.4, -0.2) is 33.4 Å². The number of aromatic nitrogens is 2. The molecule has 1 aromatic heterocycles. The first-order valence-electron chi connectivity index (χ1n) is 6.08. The van der Waals surface area contributed by atoms with Gasteiger partial charge in [0.05, 0.1) is 12.1 Å². The number of aliphatic hydroxyl groups excluding tert-OH is 1. The van der Waals surface area contributed by atoms with E-state index >= 15 is 0 Å². The lowest BCUT2D eigenvalue weighted by Crippen LogP contribution is -2.46. The molecule has 1 aromatic rings. The van der Waals surface area contributed by atoms with Crippen LogP contribution in [0.5, 0.6) is 0 Å². The quantitative estimate of drug-likeness (QED) is 0.792. The van der Waals surface area contributed by atoms with Crippen molar-refractivity contribution in [3.05, 3.63) is 11.8 Å². The maximum Gasteiger partial charge on any atom is 0.221 e. The zero-order valence-corrected chi connectivity index (χ0v) is 11.4. The predicted molar refractivity (Wildman–Crippen MR) is 66.0 cm³/mol. The van der Waals surface area contributed by atoms with Gasteiger partial charge in [-0.15, -0.1) is 10.2 Å². The maximum absolute atomic E-state index is 11.6. The summed E-state index contributed by atoms with van der Waals surface area (Å²) in [4.78, 5) is 11.6. The molecule has 0 bridgehead atoms. The number of hydrogen-bond acceptors (Lipinski definition) is 5. The molecule has 0 spiro atoms. The van der Waals surface area contributed by atoms with Gasteiger partial charge in [-0.1, -0.05) is 13.8 Å². The van der Waals surface area contributed by atoms with Gasteiger partial charge in [0, 0.05) is 18.8 Å². The summed E-state index contributed by atoms with van der Waals surface area (Å²) in [5.41, 5.74) is -0.602. The Kier molecular flexibility index (Phi) is 4.84. The van der Waals surface area contributed by atoms with E-state index in [2.05, 4.69) is 15.5 Å². The Morgan fingerprint density at radius 2 is 2.11 bits per heavy atom. The van der Waals surface area contributed by atoms with Gasteiger partial charge in [0.1, 0.15) is 0 Å². The fourth-order valence-corrected chi connectivity index (χ4v) is 1.30. The van der Waals surface area contributed by atoms with Crippen LogP contribution in [0.2, 0.25) is 0 Å². The average molecular weight is 255 g/mol. The number of rotatable bonds is 6. The van der Waals surface area contributed by atoms with Gasteiger partial charge in [-0.05, 0) is 13.8 Å². The number of carbonyl (C=O) groups is 1. The minimum absolute atomic E-state index is 0.100. The van der Waals surface area contributed by atoms with E-state index in [1.165, 1.54) is 0 Å². The molecule has 0 radical (unpaired) electrons. The Balaban J connectivity index is 2.42. The molecule has 6 nitrogen and oxygen atoms in total. The Morgan fingerprint density at radius 1 is 1.44 bits per heavy atom. The highest BCUT2D eigenvalue weighted by Gasteiger charge is 2.19. The van der Waals surface area contributed by atoms with Crippen molar-refractivity contribution >= 4 is 5.91 Å². The number of amides is 1. The molecule has 2 N–H and O–H groups in total. The van der Waals surface area contributed by atoms with Crippen LogP contribution in [0.1, 0.15) is 51.8 Å². The molecule has 0 aliphatic rings. The van der Waals surface area contributed by atoms with Crippen LogP contribution in [0.4, 0.5) is 0 Å². The Morgan fingerprint density at radius 3 is 2.61 bits per heavy atom. The second-order valence-electron chi connectivity index (χ2n) is 5.28. The van der Waals surface area contributed by atoms with E-state index in [9.17, 15) is 4.79 Å². The van der Waals surface area contributed by atoms with Gasteiger partial charge in [0.2, 0.25) is 17.7 Å². The monoisotopic (exact) mass is 255 g/mol. The molecule has 1 rings (SSSR count). The Bertz CT molecular complexity index is 399. The fourth-order valence-electron chi connectivity index (χ4n) is 1.30. The van der Waals surface area contributed by atoms with Crippen molar-refractivity contribution in [2.45, 2.75) is 52.0 Å². The molecule has 0 aliphatic heterocycles. The maximum atomic E-state index is 11.6. The third kappa shape index (κ3) is 4.44. The molecule has 1 heterocycles. The van der Waals surface area contributed by atoms with Crippen molar-refractivity contribution in [3.8, 4) is 0 Å². The van der Waals surface area contributed by atoms with Crippen molar-refractivity contribution in [1.82, 2.24) is 15.5 Å². The van der Waals surface area contributed by atoms with Gasteiger partial charge < -0.3 is 14.8 Å². The standard InChI is InChI=1S/C12H21N3O3/c1-8(2)11-15-14-10(18-11)6-5-9(17)13-12(3,4)7-16/h8,16H,5-7H2,1-4H3,(H,13,17). The van der Waals surface area contributed by atoms with E-state index in [-0.39, 0.29) is 24.9 Å². The number of nitrogens with one attached hydrogen (secondary N) is 1. The minimum atomic E-state index is -0.602. The second kappa shape index (κ2) is 5.95. The molecule has 18 heavy (non-hydrogen) atoms. The van der Waals surface area contributed by atoms with E-state index < -0.39 is 5.54 Å². The highest BCUT2D eigenvalue weighted by molar-refractivity contribution is 5.76. The predicted octanol–water partition coefficient (Wildman–Crippen LogP) is 1.01. The van der Waals surface area contributed by atoms with Crippen LogP contribution in [-0.2, 0) is 11.2 Å². The molecule has 102 valence electrons. The van der Waals surface area contributed by atoms with E-state index in [4.69, 9.17) is 9.52 Å². The third-order valence-electron chi connectivity index (χ3n) is 2.42.